The van der Waals surface area contributed by atoms with Crippen molar-refractivity contribution >= 4 is 34.9 Å². The van der Waals surface area contributed by atoms with E-state index < -0.39 is 17.6 Å². The third kappa shape index (κ3) is 2.97. The maximum atomic E-state index is 15.0. The number of nitrogens with one attached hydrogen (secondary N) is 2. The number of fused-ring (bicyclic) bond motifs is 3. The molecule has 6 nitrogen and oxygen atoms in total. The summed E-state index contributed by atoms with van der Waals surface area (Å²) in [6.07, 6.45) is 0. The van der Waals surface area contributed by atoms with E-state index in [0.29, 0.717) is 21.3 Å². The number of ketones is 1. The van der Waals surface area contributed by atoms with Gasteiger partial charge in [-0.05, 0) is 30.3 Å². The number of hydrogen-bond donors (Lipinski definition) is 4. The molecule has 2 atom stereocenters. The van der Waals surface area contributed by atoms with Crippen LogP contribution in [0.5, 0.6) is 0 Å². The Labute approximate surface area is 175 Å². The van der Waals surface area contributed by atoms with E-state index in [0.717, 1.165) is 36.6 Å². The van der Waals surface area contributed by atoms with E-state index in [4.69, 9.17) is 0 Å². The molecule has 3 aliphatic heterocycles. The van der Waals surface area contributed by atoms with Crippen LogP contribution in [0.2, 0.25) is 0 Å². The first kappa shape index (κ1) is 19.4. The van der Waals surface area contributed by atoms with Gasteiger partial charge in [0.15, 0.2) is 33.2 Å². The minimum Gasteiger partial charge on any atom is -0.477 e. The van der Waals surface area contributed by atoms with Crippen molar-refractivity contribution < 1.29 is 38.6 Å². The average molecular weight is 432 g/mol. The molecule has 9 heteroatoms. The quantitative estimate of drug-likeness (QED) is 0.494. The molecule has 2 aromatic rings. The molecule has 2 aromatic carbocycles. The number of carboxylic acid groups (broad SMARTS) is 1. The summed E-state index contributed by atoms with van der Waals surface area (Å²) in [7, 11) is 0. The number of quaternary nitrogens is 3. The number of hydrogen-bond acceptors (Lipinski definition) is 3. The highest BCUT2D eigenvalue weighted by molar-refractivity contribution is 8.04. The molecule has 0 saturated carbocycles. The highest BCUT2D eigenvalue weighted by Crippen LogP contribution is 2.44. The fourth-order valence-corrected chi connectivity index (χ4v) is 5.77. The van der Waals surface area contributed by atoms with Gasteiger partial charge in [0.25, 0.3) is 0 Å². The van der Waals surface area contributed by atoms with Gasteiger partial charge < -0.3 is 10.4 Å². The predicted octanol–water partition coefficient (Wildman–Crippen LogP) is -0.487. The van der Waals surface area contributed by atoms with Crippen LogP contribution < -0.4 is 15.1 Å². The van der Waals surface area contributed by atoms with Crippen molar-refractivity contribution in [2.75, 3.05) is 26.2 Å². The maximum absolute atomic E-state index is 15.0. The van der Waals surface area contributed by atoms with Crippen LogP contribution >= 0.6 is 11.8 Å². The summed E-state index contributed by atoms with van der Waals surface area (Å²) in [5.41, 5.74) is 1.69. The van der Waals surface area contributed by atoms with E-state index >= 15 is 0 Å². The van der Waals surface area contributed by atoms with Crippen molar-refractivity contribution in [3.8, 4) is 0 Å². The lowest BCUT2D eigenvalue weighted by Gasteiger charge is -2.41. The second-order valence-corrected chi connectivity index (χ2v) is 8.76. The minimum absolute atomic E-state index is 0.0859. The third-order valence-electron chi connectivity index (χ3n) is 5.91. The van der Waals surface area contributed by atoms with E-state index in [1.54, 1.807) is 18.2 Å². The van der Waals surface area contributed by atoms with Crippen molar-refractivity contribution in [1.29, 1.82) is 0 Å². The molecule has 0 aliphatic carbocycles. The van der Waals surface area contributed by atoms with Crippen LogP contribution in [-0.4, -0.2) is 43.0 Å². The summed E-state index contributed by atoms with van der Waals surface area (Å²) in [5.74, 6) is -2.82. The van der Waals surface area contributed by atoms with E-state index in [-0.39, 0.29) is 22.3 Å². The van der Waals surface area contributed by atoms with Crippen LogP contribution in [0.3, 0.4) is 0 Å². The van der Waals surface area contributed by atoms with Crippen LogP contribution in [0.15, 0.2) is 47.0 Å². The van der Waals surface area contributed by atoms with Crippen LogP contribution in [0.25, 0.3) is 0 Å². The number of carboxylic acids is 1. The van der Waals surface area contributed by atoms with Gasteiger partial charge in [-0.15, -0.1) is 0 Å². The van der Waals surface area contributed by atoms with Crippen LogP contribution in [0, 0.1) is 11.6 Å². The molecule has 5 N–H and O–H groups in total. The van der Waals surface area contributed by atoms with Crippen LogP contribution in [0.4, 0.5) is 20.2 Å². The molecule has 3 heterocycles. The number of benzene rings is 2. The third-order valence-corrected chi connectivity index (χ3v) is 7.31. The van der Waals surface area contributed by atoms with Crippen molar-refractivity contribution in [1.82, 2.24) is 0 Å². The predicted molar refractivity (Wildman–Crippen MR) is 105 cm³/mol. The molecule has 2 saturated heterocycles. The SMILES string of the molecule is O=C(O)C1=C2SC(c3ccc(F)cc3)[NH+]2c2cc([NH+]3CC[NH2+]CC3)c(F)cc2C1=O. The molecule has 2 unspecified atom stereocenters. The summed E-state index contributed by atoms with van der Waals surface area (Å²) in [5, 5.41) is 12.0. The fourth-order valence-electron chi connectivity index (χ4n) is 4.41. The van der Waals surface area contributed by atoms with Gasteiger partial charge in [0, 0.05) is 17.3 Å². The number of nitrogens with two attached hydrogens (primary N) is 1. The Balaban J connectivity index is 1.63. The zero-order valence-corrected chi connectivity index (χ0v) is 16.7. The Morgan fingerprint density at radius 2 is 1.80 bits per heavy atom. The zero-order chi connectivity index (χ0) is 21.0. The number of carbonyl (C=O) groups is 2. The van der Waals surface area contributed by atoms with Gasteiger partial charge in [0.1, 0.15) is 32.0 Å². The number of halogens is 2. The lowest BCUT2D eigenvalue weighted by molar-refractivity contribution is -0.896. The number of aliphatic carboxylic acids is 1. The van der Waals surface area contributed by atoms with Gasteiger partial charge in [-0.1, -0.05) is 0 Å². The summed E-state index contributed by atoms with van der Waals surface area (Å²) in [4.78, 5) is 26.4. The summed E-state index contributed by atoms with van der Waals surface area (Å²) < 4.78 is 28.3. The molecule has 0 spiro atoms. The largest absolute Gasteiger partial charge is 0.477 e. The number of Topliss-reactive ketones (excluding diaryl/α,β-unsaturated/α-hetero) is 1. The van der Waals surface area contributed by atoms with Gasteiger partial charge >= 0.3 is 5.97 Å². The van der Waals surface area contributed by atoms with Gasteiger partial charge in [-0.2, -0.15) is 0 Å². The first-order valence-corrected chi connectivity index (χ1v) is 10.7. The molecule has 30 heavy (non-hydrogen) atoms. The Morgan fingerprint density at radius 1 is 1.10 bits per heavy atom. The summed E-state index contributed by atoms with van der Waals surface area (Å²) >= 11 is 1.28. The molecule has 0 amide bonds. The second-order valence-electron chi connectivity index (χ2n) is 7.65. The highest BCUT2D eigenvalue weighted by Gasteiger charge is 2.53. The minimum atomic E-state index is -1.31. The Kier molecular flexibility index (Phi) is 4.70. The molecule has 3 aliphatic rings. The van der Waals surface area contributed by atoms with E-state index in [1.165, 1.54) is 30.0 Å². The number of rotatable bonds is 3. The normalized spacial score (nSPS) is 23.6. The monoisotopic (exact) mass is 432 g/mol. The van der Waals surface area contributed by atoms with Crippen LogP contribution in [0.1, 0.15) is 21.3 Å². The molecule has 154 valence electrons. The average Bonchev–Trinajstić information content (AvgIpc) is 2.72. The van der Waals surface area contributed by atoms with E-state index in [9.17, 15) is 23.5 Å². The first-order valence-electron chi connectivity index (χ1n) is 9.78. The van der Waals surface area contributed by atoms with Crippen molar-refractivity contribution in [2.24, 2.45) is 0 Å². The van der Waals surface area contributed by atoms with E-state index in [2.05, 4.69) is 5.32 Å². The molecule has 0 bridgehead atoms. The van der Waals surface area contributed by atoms with Crippen molar-refractivity contribution in [3.05, 3.63) is 69.8 Å². The number of piperazine rings is 1. The highest BCUT2D eigenvalue weighted by atomic mass is 32.2. The standard InChI is InChI=1S/C21H17F2N3O3S/c22-12-3-1-11(2-4-12)19-26-15-10-16(25-7-5-24-6-8-25)14(23)9-13(15)18(27)17(21(28)29)20(26)30-19/h1-4,9-10,19,24H,5-8H2,(H,28,29)/p+3. The lowest BCUT2D eigenvalue weighted by atomic mass is 9.95. The summed E-state index contributed by atoms with van der Waals surface area (Å²) in [6, 6.07) is 8.93. The Morgan fingerprint density at radius 3 is 2.47 bits per heavy atom. The zero-order valence-electron chi connectivity index (χ0n) is 15.9. The molecular weight excluding hydrogens is 412 g/mol. The molecule has 0 aromatic heterocycles. The first-order chi connectivity index (χ1) is 14.5. The smallest absolute Gasteiger partial charge is 0.346 e. The van der Waals surface area contributed by atoms with Gasteiger partial charge in [-0.25, -0.2) is 18.5 Å². The Hall–Kier alpha value is -2.59. The van der Waals surface area contributed by atoms with Gasteiger partial charge in [0.05, 0.1) is 11.6 Å². The van der Waals surface area contributed by atoms with Crippen molar-refractivity contribution in [3.63, 3.8) is 0 Å². The Bertz CT molecular complexity index is 1100. The second kappa shape index (κ2) is 7.28. The number of carbonyl (C=O) groups excluding carboxylic acids is 1. The molecule has 0 radical (unpaired) electrons. The van der Waals surface area contributed by atoms with Gasteiger partial charge in [-0.3, -0.25) is 9.69 Å². The fraction of sp³-hybridized carbons (Fsp3) is 0.238. The lowest BCUT2D eigenvalue weighted by Crippen LogP contribution is -3.17. The molecule has 5 rings (SSSR count). The maximum Gasteiger partial charge on any atom is 0.346 e. The summed E-state index contributed by atoms with van der Waals surface area (Å²) in [6.45, 7) is 3.34. The van der Waals surface area contributed by atoms with E-state index in [1.807, 2.05) is 0 Å². The van der Waals surface area contributed by atoms with Crippen LogP contribution in [-0.2, 0) is 4.79 Å². The van der Waals surface area contributed by atoms with Gasteiger partial charge in [0.2, 0.25) is 5.78 Å². The molecular formula is C21H20F2N3O3S+3. The topological polar surface area (TPSA) is 79.9 Å². The molecule has 2 fully saturated rings. The van der Waals surface area contributed by atoms with Crippen molar-refractivity contribution in [2.45, 2.75) is 5.37 Å². The number of thioether (sulfide) groups is 1.